The summed E-state index contributed by atoms with van der Waals surface area (Å²) >= 11 is 3.06. The molecule has 0 unspecified atom stereocenters. The molecular formula is C15H16BrClN4O3. The number of anilines is 2. The van der Waals surface area contributed by atoms with Crippen LogP contribution in [0.3, 0.4) is 0 Å². The van der Waals surface area contributed by atoms with Gasteiger partial charge in [0.1, 0.15) is 6.54 Å². The zero-order chi connectivity index (χ0) is 16.6. The maximum atomic E-state index is 12.6. The lowest BCUT2D eigenvalue weighted by atomic mass is 10.00. The molecule has 0 saturated heterocycles. The highest BCUT2D eigenvalue weighted by atomic mass is 79.9. The molecule has 0 aliphatic carbocycles. The van der Waals surface area contributed by atoms with Crippen LogP contribution in [0.15, 0.2) is 38.5 Å². The number of nitrogens with one attached hydrogen (secondary N) is 1. The number of aromatic amines is 1. The van der Waals surface area contributed by atoms with E-state index in [1.54, 1.807) is 4.90 Å². The van der Waals surface area contributed by atoms with Crippen molar-refractivity contribution in [3.8, 4) is 0 Å². The number of hydrogen-bond donors (Lipinski definition) is 2. The van der Waals surface area contributed by atoms with E-state index in [1.165, 1.54) is 10.8 Å². The monoisotopic (exact) mass is 414 g/mol. The van der Waals surface area contributed by atoms with Gasteiger partial charge in [-0.2, -0.15) is 0 Å². The van der Waals surface area contributed by atoms with E-state index >= 15 is 0 Å². The van der Waals surface area contributed by atoms with Gasteiger partial charge in [0.05, 0.1) is 4.47 Å². The Morgan fingerprint density at radius 1 is 1.33 bits per heavy atom. The minimum atomic E-state index is -0.614. The topological polar surface area (TPSA) is 101 Å². The summed E-state index contributed by atoms with van der Waals surface area (Å²) in [7, 11) is 0. The van der Waals surface area contributed by atoms with Gasteiger partial charge < -0.3 is 10.6 Å². The van der Waals surface area contributed by atoms with Crippen molar-refractivity contribution in [2.24, 2.45) is 0 Å². The largest absolute Gasteiger partial charge is 0.398 e. The number of H-pyrrole nitrogens is 1. The minimum absolute atomic E-state index is 0. The van der Waals surface area contributed by atoms with Crippen LogP contribution in [0, 0.1) is 0 Å². The van der Waals surface area contributed by atoms with Crippen LogP contribution in [0.1, 0.15) is 12.0 Å². The number of carbonyl (C=O) groups is 1. The summed E-state index contributed by atoms with van der Waals surface area (Å²) in [6.07, 6.45) is 2.97. The summed E-state index contributed by atoms with van der Waals surface area (Å²) in [6, 6.07) is 5.48. The molecule has 1 aromatic heterocycles. The second-order valence-corrected chi connectivity index (χ2v) is 6.21. The van der Waals surface area contributed by atoms with Crippen molar-refractivity contribution in [3.63, 3.8) is 0 Å². The van der Waals surface area contributed by atoms with Crippen molar-refractivity contribution in [1.82, 2.24) is 9.55 Å². The maximum absolute atomic E-state index is 12.6. The molecule has 9 heteroatoms. The Labute approximate surface area is 152 Å². The predicted molar refractivity (Wildman–Crippen MR) is 97.8 cm³/mol. The second kappa shape index (κ2) is 7.23. The van der Waals surface area contributed by atoms with Crippen LogP contribution in [0.4, 0.5) is 11.4 Å². The molecule has 0 saturated carbocycles. The van der Waals surface area contributed by atoms with Gasteiger partial charge in [-0.25, -0.2) is 4.79 Å². The molecule has 3 rings (SSSR count). The van der Waals surface area contributed by atoms with E-state index in [9.17, 15) is 14.4 Å². The molecule has 0 bridgehead atoms. The standard InChI is InChI=1S/C15H15BrN4O3.ClH/c16-10-7-19(15(23)18-14(10)22)8-13(21)20-6-2-3-9-11(17)4-1-5-12(9)20;/h1,4-5,7H,2-3,6,8,17H2,(H,18,22,23);1H. The zero-order valence-electron chi connectivity index (χ0n) is 12.6. The van der Waals surface area contributed by atoms with Crippen molar-refractivity contribution >= 4 is 45.6 Å². The third-order valence-electron chi connectivity index (χ3n) is 3.86. The van der Waals surface area contributed by atoms with Gasteiger partial charge in [0.15, 0.2) is 0 Å². The summed E-state index contributed by atoms with van der Waals surface area (Å²) in [4.78, 5) is 39.6. The first-order chi connectivity index (χ1) is 11.0. The molecule has 0 fully saturated rings. The number of nitrogen functional groups attached to an aromatic ring is 1. The van der Waals surface area contributed by atoms with Gasteiger partial charge in [-0.05, 0) is 46.5 Å². The Kier molecular flexibility index (Phi) is 5.51. The second-order valence-electron chi connectivity index (χ2n) is 5.36. The number of aromatic nitrogens is 2. The van der Waals surface area contributed by atoms with E-state index in [1.807, 2.05) is 18.2 Å². The third kappa shape index (κ3) is 3.39. The highest BCUT2D eigenvalue weighted by Crippen LogP contribution is 2.31. The zero-order valence-corrected chi connectivity index (χ0v) is 15.0. The van der Waals surface area contributed by atoms with Crippen LogP contribution < -0.4 is 21.9 Å². The molecule has 2 aromatic rings. The van der Waals surface area contributed by atoms with Gasteiger partial charge in [0.2, 0.25) is 5.91 Å². The Hall–Kier alpha value is -2.06. The number of amides is 1. The van der Waals surface area contributed by atoms with Crippen LogP contribution in [0.5, 0.6) is 0 Å². The fourth-order valence-corrected chi connectivity index (χ4v) is 3.09. The first-order valence-electron chi connectivity index (χ1n) is 7.14. The maximum Gasteiger partial charge on any atom is 0.328 e. The van der Waals surface area contributed by atoms with E-state index < -0.39 is 11.2 Å². The predicted octanol–water partition coefficient (Wildman–Crippen LogP) is 1.28. The van der Waals surface area contributed by atoms with Crippen molar-refractivity contribution in [3.05, 3.63) is 55.3 Å². The van der Waals surface area contributed by atoms with Gasteiger partial charge in [0, 0.05) is 24.1 Å². The van der Waals surface area contributed by atoms with Gasteiger partial charge in [0.25, 0.3) is 5.56 Å². The van der Waals surface area contributed by atoms with Crippen molar-refractivity contribution < 1.29 is 4.79 Å². The number of rotatable bonds is 2. The van der Waals surface area contributed by atoms with E-state index in [0.29, 0.717) is 12.2 Å². The molecule has 1 amide bonds. The minimum Gasteiger partial charge on any atom is -0.398 e. The molecule has 0 spiro atoms. The molecule has 128 valence electrons. The average Bonchev–Trinajstić information content (AvgIpc) is 2.52. The lowest BCUT2D eigenvalue weighted by Crippen LogP contribution is -2.41. The first kappa shape index (κ1) is 18.3. The van der Waals surface area contributed by atoms with Crippen LogP contribution in [-0.4, -0.2) is 22.0 Å². The number of benzene rings is 1. The number of hydrogen-bond acceptors (Lipinski definition) is 4. The molecule has 0 radical (unpaired) electrons. The molecule has 24 heavy (non-hydrogen) atoms. The molecule has 0 atom stereocenters. The molecule has 7 nitrogen and oxygen atoms in total. The summed E-state index contributed by atoms with van der Waals surface area (Å²) in [5.74, 6) is -0.224. The van der Waals surface area contributed by atoms with Gasteiger partial charge >= 0.3 is 5.69 Å². The third-order valence-corrected chi connectivity index (χ3v) is 4.43. The van der Waals surface area contributed by atoms with Crippen LogP contribution >= 0.6 is 28.3 Å². The van der Waals surface area contributed by atoms with Gasteiger partial charge in [-0.3, -0.25) is 19.1 Å². The normalized spacial score (nSPS) is 13.1. The van der Waals surface area contributed by atoms with Crippen molar-refractivity contribution in [1.29, 1.82) is 0 Å². The van der Waals surface area contributed by atoms with E-state index in [4.69, 9.17) is 5.73 Å². The molecule has 2 heterocycles. The van der Waals surface area contributed by atoms with E-state index in [-0.39, 0.29) is 29.3 Å². The average molecular weight is 416 g/mol. The summed E-state index contributed by atoms with van der Waals surface area (Å²) in [5, 5.41) is 0. The highest BCUT2D eigenvalue weighted by Gasteiger charge is 2.24. The Balaban J connectivity index is 0.00000208. The Bertz CT molecular complexity index is 893. The number of carbonyl (C=O) groups excluding carboxylic acids is 1. The Morgan fingerprint density at radius 2 is 2.08 bits per heavy atom. The summed E-state index contributed by atoms with van der Waals surface area (Å²) in [6.45, 7) is 0.428. The number of nitrogens with zero attached hydrogens (tertiary/aromatic N) is 2. The first-order valence-corrected chi connectivity index (χ1v) is 7.93. The molecule has 3 N–H and O–H groups in total. The molecular weight excluding hydrogens is 400 g/mol. The molecule has 1 aliphatic rings. The summed E-state index contributed by atoms with van der Waals surface area (Å²) in [5.41, 5.74) is 7.26. The smallest absolute Gasteiger partial charge is 0.328 e. The molecule has 1 aliphatic heterocycles. The SMILES string of the molecule is Cl.Nc1cccc2c1CCCN2C(=O)Cn1cc(Br)c(=O)[nH]c1=O. The lowest BCUT2D eigenvalue weighted by Gasteiger charge is -2.30. The van der Waals surface area contributed by atoms with Crippen LogP contribution in [0.2, 0.25) is 0 Å². The fourth-order valence-electron chi connectivity index (χ4n) is 2.74. The van der Waals surface area contributed by atoms with E-state index in [0.717, 1.165) is 24.1 Å². The number of nitrogens with two attached hydrogens (primary N) is 1. The number of fused-ring (bicyclic) bond motifs is 1. The van der Waals surface area contributed by atoms with Crippen molar-refractivity contribution in [2.45, 2.75) is 19.4 Å². The van der Waals surface area contributed by atoms with Gasteiger partial charge in [-0.15, -0.1) is 12.4 Å². The fraction of sp³-hybridized carbons (Fsp3) is 0.267. The number of halogens is 2. The molecule has 1 aromatic carbocycles. The lowest BCUT2D eigenvalue weighted by molar-refractivity contribution is -0.119. The highest BCUT2D eigenvalue weighted by molar-refractivity contribution is 9.10. The quantitative estimate of drug-likeness (QED) is 0.722. The van der Waals surface area contributed by atoms with Crippen LogP contribution in [0.25, 0.3) is 0 Å². The van der Waals surface area contributed by atoms with Gasteiger partial charge in [-0.1, -0.05) is 6.07 Å². The van der Waals surface area contributed by atoms with E-state index in [2.05, 4.69) is 20.9 Å². The van der Waals surface area contributed by atoms with Crippen LogP contribution in [-0.2, 0) is 17.8 Å². The Morgan fingerprint density at radius 3 is 2.83 bits per heavy atom. The summed E-state index contributed by atoms with van der Waals surface area (Å²) < 4.78 is 1.38. The van der Waals surface area contributed by atoms with Crippen molar-refractivity contribution in [2.75, 3.05) is 17.2 Å².